The number of sulfone groups is 2. The van der Waals surface area contributed by atoms with Crippen molar-refractivity contribution in [3.8, 4) is 57.5 Å². The molecule has 2 fully saturated rings. The van der Waals surface area contributed by atoms with Crippen molar-refractivity contribution in [1.29, 1.82) is 0 Å². The van der Waals surface area contributed by atoms with Crippen LogP contribution >= 0.6 is 0 Å². The van der Waals surface area contributed by atoms with Crippen LogP contribution < -0.4 is 18.9 Å². The zero-order valence-electron chi connectivity index (χ0n) is 36.5. The van der Waals surface area contributed by atoms with Crippen LogP contribution in [0.5, 0.6) is 23.0 Å². The highest BCUT2D eigenvalue weighted by Crippen LogP contribution is 2.40. The molecule has 0 spiro atoms. The minimum atomic E-state index is -3.83. The Morgan fingerprint density at radius 3 is 1.16 bits per heavy atom. The zero-order chi connectivity index (χ0) is 46.2. The van der Waals surface area contributed by atoms with Crippen LogP contribution in [0.3, 0.4) is 0 Å². The molecule has 22 heteroatoms. The first-order chi connectivity index (χ1) is 30.4. The molecule has 0 saturated carbocycles. The van der Waals surface area contributed by atoms with E-state index in [4.69, 9.17) is 37.3 Å². The quantitative estimate of drug-likeness (QED) is 0.140. The van der Waals surface area contributed by atoms with Gasteiger partial charge < -0.3 is 47.5 Å². The van der Waals surface area contributed by atoms with Crippen molar-refractivity contribution in [2.24, 2.45) is 0 Å². The maximum Gasteiger partial charge on any atom is 0.204 e. The minimum absolute atomic E-state index is 0.0304. The lowest BCUT2D eigenvalue weighted by Gasteiger charge is -2.40. The molecule has 2 aliphatic rings. The minimum Gasteiger partial charge on any atom is -0.494 e. The summed E-state index contributed by atoms with van der Waals surface area (Å²) in [6.45, 7) is 6.41. The molecule has 344 valence electrons. The molecule has 0 bridgehead atoms. The van der Waals surface area contributed by atoms with E-state index in [0.29, 0.717) is 69.1 Å². The Balaban J connectivity index is 0.000000191. The first-order valence-electron chi connectivity index (χ1n) is 19.9. The van der Waals surface area contributed by atoms with Gasteiger partial charge in [0.05, 0.1) is 65.4 Å². The molecular weight excluding hydrogens is 877 g/mol. The van der Waals surface area contributed by atoms with Crippen LogP contribution in [-0.2, 0) is 40.7 Å². The lowest BCUT2D eigenvalue weighted by Crippen LogP contribution is -2.59. The van der Waals surface area contributed by atoms with Gasteiger partial charge in [0.25, 0.3) is 0 Å². The van der Waals surface area contributed by atoms with E-state index in [0.717, 1.165) is 0 Å². The molecule has 4 aromatic heterocycles. The monoisotopic (exact) mass is 926 g/mol. The fourth-order valence-electron chi connectivity index (χ4n) is 7.19. The first kappa shape index (κ1) is 46.2. The summed E-state index contributed by atoms with van der Waals surface area (Å²) >= 11 is 0. The van der Waals surface area contributed by atoms with Crippen molar-refractivity contribution >= 4 is 19.7 Å². The summed E-state index contributed by atoms with van der Waals surface area (Å²) in [6, 6.07) is 17.4. The van der Waals surface area contributed by atoms with Crippen LogP contribution in [0, 0.1) is 13.8 Å². The van der Waals surface area contributed by atoms with Gasteiger partial charge in [0.1, 0.15) is 68.6 Å². The third-order valence-corrected chi connectivity index (χ3v) is 15.6. The van der Waals surface area contributed by atoms with E-state index < -0.39 is 52.9 Å². The number of aryl methyl sites for hydroxylation is 2. The molecule has 2 aromatic carbocycles. The summed E-state index contributed by atoms with van der Waals surface area (Å²) in [7, 11) is -1.65. The predicted molar refractivity (Wildman–Crippen MR) is 230 cm³/mol. The van der Waals surface area contributed by atoms with Crippen LogP contribution in [0.25, 0.3) is 34.5 Å². The topological polar surface area (TPSA) is 252 Å². The van der Waals surface area contributed by atoms with Gasteiger partial charge in [-0.25, -0.2) is 16.8 Å². The molecule has 2 atom stereocenters. The highest BCUT2D eigenvalue weighted by atomic mass is 32.2. The summed E-state index contributed by atoms with van der Waals surface area (Å²) in [5.41, 5.74) is -1.97. The number of furan rings is 2. The van der Waals surface area contributed by atoms with Crippen molar-refractivity contribution in [3.05, 3.63) is 83.8 Å². The van der Waals surface area contributed by atoms with E-state index in [1.807, 2.05) is 0 Å². The van der Waals surface area contributed by atoms with Crippen molar-refractivity contribution in [2.45, 2.75) is 60.9 Å². The Labute approximate surface area is 369 Å². The van der Waals surface area contributed by atoms with E-state index in [1.165, 1.54) is 42.3 Å². The van der Waals surface area contributed by atoms with Crippen molar-refractivity contribution in [1.82, 2.24) is 29.5 Å². The molecule has 2 N–H and O–H groups in total. The highest BCUT2D eigenvalue weighted by molar-refractivity contribution is 7.91. The van der Waals surface area contributed by atoms with E-state index in [9.17, 15) is 27.0 Å². The second-order valence-electron chi connectivity index (χ2n) is 15.5. The number of methoxy groups -OCH3 is 4. The average molecular weight is 927 g/mol. The Bertz CT molecular complexity index is 2600. The van der Waals surface area contributed by atoms with Gasteiger partial charge in [0.15, 0.2) is 42.8 Å². The molecule has 0 amide bonds. The van der Waals surface area contributed by atoms with Gasteiger partial charge in [-0.3, -0.25) is 9.13 Å². The summed E-state index contributed by atoms with van der Waals surface area (Å²) < 4.78 is 99.6. The molecule has 0 aliphatic carbocycles. The molecule has 2 aliphatic heterocycles. The number of rotatable bonds is 16. The second kappa shape index (κ2) is 18.0. The maximum atomic E-state index is 13.2. The van der Waals surface area contributed by atoms with Crippen LogP contribution in [0.1, 0.15) is 37.0 Å². The Kier molecular flexibility index (Phi) is 13.0. The van der Waals surface area contributed by atoms with Crippen LogP contribution in [-0.4, -0.2) is 133 Å². The SMILES string of the molecule is COc1cccc(OC)c1-n1c(CS(=O)(=O)[C@@H](C)C2(O)COC2)nnc1-c1ccc(C)o1.COc1cccc(OC)c1-n1c(CS(=O)(=O)[C@H](C)C2(O)COC2)nnc1-c1ccc(C)o1. The predicted octanol–water partition coefficient (Wildman–Crippen LogP) is 3.84. The summed E-state index contributed by atoms with van der Waals surface area (Å²) in [5.74, 6) is 3.81. The van der Waals surface area contributed by atoms with Gasteiger partial charge in [0.2, 0.25) is 11.6 Å². The Hall–Kier alpha value is -5.78. The van der Waals surface area contributed by atoms with Crippen LogP contribution in [0.2, 0.25) is 0 Å². The number of ether oxygens (including phenoxy) is 6. The highest BCUT2D eigenvalue weighted by Gasteiger charge is 2.49. The molecule has 6 aromatic rings. The second-order valence-corrected chi connectivity index (χ2v) is 20.1. The Morgan fingerprint density at radius 2 is 0.906 bits per heavy atom. The molecule has 64 heavy (non-hydrogen) atoms. The summed E-state index contributed by atoms with van der Waals surface area (Å²) in [5, 5.41) is 35.7. The van der Waals surface area contributed by atoms with E-state index in [1.54, 1.807) is 83.6 Å². The largest absolute Gasteiger partial charge is 0.494 e. The van der Waals surface area contributed by atoms with Crippen LogP contribution in [0.4, 0.5) is 0 Å². The number of aliphatic hydroxyl groups is 2. The third kappa shape index (κ3) is 8.72. The Morgan fingerprint density at radius 1 is 0.578 bits per heavy atom. The van der Waals surface area contributed by atoms with Crippen molar-refractivity contribution in [3.63, 3.8) is 0 Å². The molecule has 0 unspecified atom stereocenters. The smallest absolute Gasteiger partial charge is 0.204 e. The average Bonchev–Trinajstić information content (AvgIpc) is 4.07. The first-order valence-corrected chi connectivity index (χ1v) is 23.3. The van der Waals surface area contributed by atoms with Gasteiger partial charge in [-0.1, -0.05) is 12.1 Å². The number of benzene rings is 2. The number of aromatic nitrogens is 6. The maximum absolute atomic E-state index is 13.2. The fraction of sp³-hybridized carbons (Fsp3) is 0.429. The summed E-state index contributed by atoms with van der Waals surface area (Å²) in [6.07, 6.45) is 0. The molecule has 2 saturated heterocycles. The van der Waals surface area contributed by atoms with E-state index >= 15 is 0 Å². The number of para-hydroxylation sites is 2. The third-order valence-electron chi connectivity index (χ3n) is 11.3. The standard InChI is InChI=1S/2C21H25N3O7S/c2*1-13-8-9-17(31-13)20-23-22-18(10-32(26,27)14(2)21(25)11-30-12-21)24(20)19-15(28-3)6-5-7-16(19)29-4/h2*5-9,14,25H,10-12H2,1-4H3/t2*14-/m10/s1. The zero-order valence-corrected chi connectivity index (χ0v) is 38.1. The molecule has 6 heterocycles. The van der Waals surface area contributed by atoms with Gasteiger partial charge in [-0.15, -0.1) is 20.4 Å². The fourth-order valence-corrected chi connectivity index (χ4v) is 10.4. The number of hydrogen-bond acceptors (Lipinski definition) is 18. The molecule has 8 rings (SSSR count). The lowest BCUT2D eigenvalue weighted by atomic mass is 9.99. The molecule has 0 radical (unpaired) electrons. The van der Waals surface area contributed by atoms with Gasteiger partial charge >= 0.3 is 0 Å². The van der Waals surface area contributed by atoms with Gasteiger partial charge in [0, 0.05) is 0 Å². The van der Waals surface area contributed by atoms with Crippen molar-refractivity contribution in [2.75, 3.05) is 54.9 Å². The lowest BCUT2D eigenvalue weighted by molar-refractivity contribution is -0.176. The molecule has 20 nitrogen and oxygen atoms in total. The van der Waals surface area contributed by atoms with Gasteiger partial charge in [-0.2, -0.15) is 0 Å². The number of hydrogen-bond donors (Lipinski definition) is 2. The number of nitrogens with zero attached hydrogens (tertiary/aromatic N) is 6. The van der Waals surface area contributed by atoms with E-state index in [2.05, 4.69) is 20.4 Å². The van der Waals surface area contributed by atoms with E-state index in [-0.39, 0.29) is 38.1 Å². The van der Waals surface area contributed by atoms with Crippen molar-refractivity contribution < 1.29 is 64.3 Å². The summed E-state index contributed by atoms with van der Waals surface area (Å²) in [4.78, 5) is 0. The van der Waals surface area contributed by atoms with Gasteiger partial charge in [-0.05, 0) is 76.2 Å². The molecular formula is C42H50N6O14S2. The normalized spacial score (nSPS) is 16.4. The van der Waals surface area contributed by atoms with Crippen LogP contribution in [0.15, 0.2) is 69.5 Å².